The van der Waals surface area contributed by atoms with Crippen molar-refractivity contribution in [1.82, 2.24) is 15.5 Å². The molecule has 5 nitrogen and oxygen atoms in total. The highest BCUT2D eigenvalue weighted by Crippen LogP contribution is 2.27. The number of aryl methyl sites for hydroxylation is 2. The molecule has 2 heterocycles. The van der Waals surface area contributed by atoms with E-state index < -0.39 is 0 Å². The summed E-state index contributed by atoms with van der Waals surface area (Å²) in [7, 11) is 0. The fourth-order valence-corrected chi connectivity index (χ4v) is 3.72. The molecule has 5 heteroatoms. The zero-order valence-electron chi connectivity index (χ0n) is 13.2. The Balaban J connectivity index is 1.43. The number of aromatic amines is 1. The van der Waals surface area contributed by atoms with Crippen molar-refractivity contribution in [2.45, 2.75) is 38.0 Å². The first-order valence-electron chi connectivity index (χ1n) is 8.44. The number of hydrogen-bond acceptors (Lipinski definition) is 3. The average Bonchev–Trinajstić information content (AvgIpc) is 3.27. The third-order valence-electron chi connectivity index (χ3n) is 4.94. The van der Waals surface area contributed by atoms with E-state index in [0.29, 0.717) is 12.3 Å². The van der Waals surface area contributed by atoms with E-state index in [9.17, 15) is 4.79 Å². The molecule has 1 atom stereocenters. The SMILES string of the molecule is O=C(Cc1ccc2c(c1)CCC2)Nc1cn[nH]c1C1CCNC1. The fraction of sp³-hybridized carbons (Fsp3) is 0.444. The number of hydrogen-bond donors (Lipinski definition) is 3. The van der Waals surface area contributed by atoms with Crippen molar-refractivity contribution in [3.8, 4) is 0 Å². The molecule has 0 radical (unpaired) electrons. The summed E-state index contributed by atoms with van der Waals surface area (Å²) in [6.07, 6.45) is 6.77. The van der Waals surface area contributed by atoms with Gasteiger partial charge in [-0.3, -0.25) is 9.89 Å². The predicted molar refractivity (Wildman–Crippen MR) is 89.6 cm³/mol. The number of anilines is 1. The zero-order chi connectivity index (χ0) is 15.6. The van der Waals surface area contributed by atoms with E-state index in [4.69, 9.17) is 0 Å². The number of benzene rings is 1. The molecule has 120 valence electrons. The van der Waals surface area contributed by atoms with Crippen molar-refractivity contribution in [2.24, 2.45) is 0 Å². The number of carbonyl (C=O) groups excluding carboxylic acids is 1. The Morgan fingerprint density at radius 3 is 3.09 bits per heavy atom. The Bertz CT molecular complexity index is 716. The molecule has 1 aliphatic carbocycles. The van der Waals surface area contributed by atoms with Crippen LogP contribution in [0.25, 0.3) is 0 Å². The first-order chi connectivity index (χ1) is 11.3. The number of H-pyrrole nitrogens is 1. The summed E-state index contributed by atoms with van der Waals surface area (Å²) in [4.78, 5) is 12.4. The molecule has 3 N–H and O–H groups in total. The molecule has 0 saturated carbocycles. The van der Waals surface area contributed by atoms with Gasteiger partial charge in [-0.1, -0.05) is 18.2 Å². The molecule has 1 aromatic heterocycles. The Kier molecular flexibility index (Phi) is 3.87. The lowest BCUT2D eigenvalue weighted by atomic mass is 10.0. The minimum Gasteiger partial charge on any atom is -0.323 e. The monoisotopic (exact) mass is 310 g/mol. The number of aromatic nitrogens is 2. The topological polar surface area (TPSA) is 69.8 Å². The highest BCUT2D eigenvalue weighted by molar-refractivity contribution is 5.92. The molecule has 1 aliphatic heterocycles. The Morgan fingerprint density at radius 1 is 1.30 bits per heavy atom. The van der Waals surface area contributed by atoms with E-state index in [1.54, 1.807) is 6.20 Å². The van der Waals surface area contributed by atoms with Crippen molar-refractivity contribution < 1.29 is 4.79 Å². The average molecular weight is 310 g/mol. The Morgan fingerprint density at radius 2 is 2.22 bits per heavy atom. The van der Waals surface area contributed by atoms with Gasteiger partial charge < -0.3 is 10.6 Å². The first-order valence-corrected chi connectivity index (χ1v) is 8.44. The summed E-state index contributed by atoms with van der Waals surface area (Å²) in [5, 5.41) is 13.5. The molecule has 1 aromatic carbocycles. The third kappa shape index (κ3) is 3.01. The maximum Gasteiger partial charge on any atom is 0.228 e. The fourth-order valence-electron chi connectivity index (χ4n) is 3.72. The van der Waals surface area contributed by atoms with Crippen LogP contribution in [0.5, 0.6) is 0 Å². The molecule has 1 amide bonds. The second kappa shape index (κ2) is 6.16. The van der Waals surface area contributed by atoms with Gasteiger partial charge in [-0.05, 0) is 48.9 Å². The van der Waals surface area contributed by atoms with Gasteiger partial charge in [-0.15, -0.1) is 0 Å². The molecular weight excluding hydrogens is 288 g/mol. The first kappa shape index (κ1) is 14.5. The van der Waals surface area contributed by atoms with Gasteiger partial charge in [0.05, 0.1) is 24.0 Å². The summed E-state index contributed by atoms with van der Waals surface area (Å²) in [5.74, 6) is 0.435. The van der Waals surface area contributed by atoms with Crippen LogP contribution in [0.2, 0.25) is 0 Å². The normalized spacial score (nSPS) is 19.7. The van der Waals surface area contributed by atoms with Crippen LogP contribution in [0.15, 0.2) is 24.4 Å². The van der Waals surface area contributed by atoms with Crippen LogP contribution < -0.4 is 10.6 Å². The van der Waals surface area contributed by atoms with Crippen LogP contribution in [0.4, 0.5) is 5.69 Å². The van der Waals surface area contributed by atoms with E-state index >= 15 is 0 Å². The van der Waals surface area contributed by atoms with Crippen LogP contribution in [0.1, 0.15) is 41.1 Å². The summed E-state index contributed by atoms with van der Waals surface area (Å²) in [6.45, 7) is 1.96. The van der Waals surface area contributed by atoms with Crippen LogP contribution in [0.3, 0.4) is 0 Å². The molecule has 23 heavy (non-hydrogen) atoms. The van der Waals surface area contributed by atoms with E-state index in [1.165, 1.54) is 24.0 Å². The van der Waals surface area contributed by atoms with E-state index in [2.05, 4.69) is 39.0 Å². The predicted octanol–water partition coefficient (Wildman–Crippen LogP) is 2.16. The summed E-state index contributed by atoms with van der Waals surface area (Å²) < 4.78 is 0. The Labute approximate surface area is 135 Å². The van der Waals surface area contributed by atoms with E-state index in [0.717, 1.165) is 42.9 Å². The molecular formula is C18H22N4O. The molecule has 0 spiro atoms. The lowest BCUT2D eigenvalue weighted by Gasteiger charge is -2.10. The standard InChI is InChI=1S/C18H22N4O/c23-17(9-12-4-5-13-2-1-3-14(13)8-12)21-16-11-20-22-18(16)15-6-7-19-10-15/h4-5,8,11,15,19H,1-3,6-7,9-10H2,(H,20,22)(H,21,23). The highest BCUT2D eigenvalue weighted by Gasteiger charge is 2.22. The van der Waals surface area contributed by atoms with Crippen LogP contribution in [0, 0.1) is 0 Å². The van der Waals surface area contributed by atoms with E-state index in [1.807, 2.05) is 0 Å². The summed E-state index contributed by atoms with van der Waals surface area (Å²) >= 11 is 0. The van der Waals surface area contributed by atoms with Gasteiger partial charge in [0.1, 0.15) is 0 Å². The van der Waals surface area contributed by atoms with Gasteiger partial charge in [0.2, 0.25) is 5.91 Å². The molecule has 0 bridgehead atoms. The van der Waals surface area contributed by atoms with Crippen molar-refractivity contribution in [3.63, 3.8) is 0 Å². The van der Waals surface area contributed by atoms with Crippen LogP contribution >= 0.6 is 0 Å². The second-order valence-corrected chi connectivity index (χ2v) is 6.57. The van der Waals surface area contributed by atoms with Crippen molar-refractivity contribution in [2.75, 3.05) is 18.4 Å². The number of nitrogens with zero attached hydrogens (tertiary/aromatic N) is 1. The molecule has 1 fully saturated rings. The molecule has 4 rings (SSSR count). The second-order valence-electron chi connectivity index (χ2n) is 6.57. The van der Waals surface area contributed by atoms with Crippen LogP contribution in [-0.2, 0) is 24.1 Å². The molecule has 1 unspecified atom stereocenters. The molecule has 2 aliphatic rings. The largest absolute Gasteiger partial charge is 0.323 e. The number of carbonyl (C=O) groups is 1. The smallest absolute Gasteiger partial charge is 0.228 e. The van der Waals surface area contributed by atoms with Gasteiger partial charge >= 0.3 is 0 Å². The number of rotatable bonds is 4. The lowest BCUT2D eigenvalue weighted by molar-refractivity contribution is -0.115. The molecule has 1 saturated heterocycles. The third-order valence-corrected chi connectivity index (χ3v) is 4.94. The van der Waals surface area contributed by atoms with Gasteiger partial charge in [-0.2, -0.15) is 5.10 Å². The zero-order valence-corrected chi connectivity index (χ0v) is 13.2. The lowest BCUT2D eigenvalue weighted by Crippen LogP contribution is -2.16. The number of fused-ring (bicyclic) bond motifs is 1. The van der Waals surface area contributed by atoms with Crippen molar-refractivity contribution in [3.05, 3.63) is 46.8 Å². The molecule has 2 aromatic rings. The Hall–Kier alpha value is -2.14. The van der Waals surface area contributed by atoms with Gasteiger partial charge in [0.15, 0.2) is 0 Å². The highest BCUT2D eigenvalue weighted by atomic mass is 16.1. The maximum absolute atomic E-state index is 12.4. The minimum atomic E-state index is 0.0246. The van der Waals surface area contributed by atoms with Gasteiger partial charge in [0, 0.05) is 12.5 Å². The summed E-state index contributed by atoms with van der Waals surface area (Å²) in [5.41, 5.74) is 5.81. The van der Waals surface area contributed by atoms with Crippen molar-refractivity contribution >= 4 is 11.6 Å². The van der Waals surface area contributed by atoms with Gasteiger partial charge in [-0.25, -0.2) is 0 Å². The maximum atomic E-state index is 12.4. The van der Waals surface area contributed by atoms with Crippen LogP contribution in [-0.4, -0.2) is 29.2 Å². The summed E-state index contributed by atoms with van der Waals surface area (Å²) in [6, 6.07) is 6.46. The minimum absolute atomic E-state index is 0.0246. The van der Waals surface area contributed by atoms with E-state index in [-0.39, 0.29) is 5.91 Å². The van der Waals surface area contributed by atoms with Gasteiger partial charge in [0.25, 0.3) is 0 Å². The number of amides is 1. The number of nitrogens with one attached hydrogen (secondary N) is 3. The quantitative estimate of drug-likeness (QED) is 0.810. The van der Waals surface area contributed by atoms with Crippen molar-refractivity contribution in [1.29, 1.82) is 0 Å².